The van der Waals surface area contributed by atoms with Crippen LogP contribution in [0.3, 0.4) is 0 Å². The summed E-state index contributed by atoms with van der Waals surface area (Å²) >= 11 is 6.16. The van der Waals surface area contributed by atoms with Crippen LogP contribution in [0, 0.1) is 11.6 Å². The second kappa shape index (κ2) is 9.85. The molecular formula is C21H21ClF2N2O5S. The Morgan fingerprint density at radius 3 is 2.25 bits per heavy atom. The SMILES string of the molecule is COc1cc(/C=C/C(=O)N2CCN(S(=O)(=O)c3c(F)cccc3F)CC2)cc(Cl)c1OC. The molecule has 1 amide bonds. The van der Waals surface area contributed by atoms with E-state index in [1.807, 2.05) is 0 Å². The molecule has 0 N–H and O–H groups in total. The number of carbonyl (C=O) groups excluding carboxylic acids is 1. The summed E-state index contributed by atoms with van der Waals surface area (Å²) in [6.45, 7) is -0.0217. The second-order valence-electron chi connectivity index (χ2n) is 6.85. The number of benzene rings is 2. The van der Waals surface area contributed by atoms with E-state index in [0.717, 1.165) is 22.5 Å². The van der Waals surface area contributed by atoms with Gasteiger partial charge in [0, 0.05) is 32.3 Å². The molecule has 1 fully saturated rings. The van der Waals surface area contributed by atoms with E-state index in [4.69, 9.17) is 21.1 Å². The van der Waals surface area contributed by atoms with Gasteiger partial charge in [0.05, 0.1) is 19.2 Å². The fourth-order valence-electron chi connectivity index (χ4n) is 3.31. The molecule has 1 heterocycles. The van der Waals surface area contributed by atoms with E-state index in [2.05, 4.69) is 0 Å². The molecule has 172 valence electrons. The predicted molar refractivity (Wildman–Crippen MR) is 115 cm³/mol. The van der Waals surface area contributed by atoms with E-state index in [1.165, 1.54) is 25.2 Å². The number of ether oxygens (including phenoxy) is 2. The van der Waals surface area contributed by atoms with Gasteiger partial charge in [-0.25, -0.2) is 17.2 Å². The summed E-state index contributed by atoms with van der Waals surface area (Å²) in [6, 6.07) is 6.14. The Bertz CT molecular complexity index is 1130. The van der Waals surface area contributed by atoms with Crippen LogP contribution in [0.1, 0.15) is 5.56 Å². The highest BCUT2D eigenvalue weighted by Crippen LogP contribution is 2.36. The highest BCUT2D eigenvalue weighted by atomic mass is 35.5. The Morgan fingerprint density at radius 2 is 1.69 bits per heavy atom. The van der Waals surface area contributed by atoms with Gasteiger partial charge in [-0.3, -0.25) is 4.79 Å². The summed E-state index contributed by atoms with van der Waals surface area (Å²) in [4.78, 5) is 13.0. The Hall–Kier alpha value is -2.69. The Kier molecular flexibility index (Phi) is 7.37. The lowest BCUT2D eigenvalue weighted by Gasteiger charge is -2.33. The first-order chi connectivity index (χ1) is 15.2. The molecule has 0 aromatic heterocycles. The van der Waals surface area contributed by atoms with Gasteiger partial charge in [0.2, 0.25) is 15.9 Å². The molecule has 11 heteroatoms. The Balaban J connectivity index is 1.68. The highest BCUT2D eigenvalue weighted by Gasteiger charge is 2.33. The number of rotatable bonds is 6. The van der Waals surface area contributed by atoms with E-state index in [9.17, 15) is 22.0 Å². The number of sulfonamides is 1. The number of nitrogens with zero attached hydrogens (tertiary/aromatic N) is 2. The van der Waals surface area contributed by atoms with E-state index >= 15 is 0 Å². The van der Waals surface area contributed by atoms with Crippen LogP contribution in [0.25, 0.3) is 6.08 Å². The first-order valence-corrected chi connectivity index (χ1v) is 11.3. The first kappa shape index (κ1) is 24.0. The molecule has 1 saturated heterocycles. The summed E-state index contributed by atoms with van der Waals surface area (Å²) in [6.07, 6.45) is 2.88. The zero-order valence-electron chi connectivity index (χ0n) is 17.3. The summed E-state index contributed by atoms with van der Waals surface area (Å²) in [5.74, 6) is -1.86. The second-order valence-corrected chi connectivity index (χ2v) is 9.13. The molecule has 3 rings (SSSR count). The largest absolute Gasteiger partial charge is 0.493 e. The molecule has 2 aromatic carbocycles. The molecule has 32 heavy (non-hydrogen) atoms. The summed E-state index contributed by atoms with van der Waals surface area (Å²) in [5, 5.41) is 0.318. The van der Waals surface area contributed by atoms with E-state index < -0.39 is 26.6 Å². The van der Waals surface area contributed by atoms with Crippen LogP contribution in [-0.4, -0.2) is 63.9 Å². The molecular weight excluding hydrogens is 466 g/mol. The third kappa shape index (κ3) is 4.87. The van der Waals surface area contributed by atoms with Gasteiger partial charge in [0.15, 0.2) is 16.4 Å². The van der Waals surface area contributed by atoms with Crippen molar-refractivity contribution in [1.29, 1.82) is 0 Å². The fraction of sp³-hybridized carbons (Fsp3) is 0.286. The van der Waals surface area contributed by atoms with Gasteiger partial charge < -0.3 is 14.4 Å². The highest BCUT2D eigenvalue weighted by molar-refractivity contribution is 7.89. The van der Waals surface area contributed by atoms with Gasteiger partial charge in [-0.2, -0.15) is 4.31 Å². The first-order valence-electron chi connectivity index (χ1n) is 9.51. The fourth-order valence-corrected chi connectivity index (χ4v) is 5.14. The van der Waals surface area contributed by atoms with Crippen LogP contribution in [0.15, 0.2) is 41.3 Å². The summed E-state index contributed by atoms with van der Waals surface area (Å²) in [5.41, 5.74) is 0.609. The van der Waals surface area contributed by atoms with Crippen molar-refractivity contribution in [3.05, 3.63) is 58.6 Å². The molecule has 0 saturated carbocycles. The van der Waals surface area contributed by atoms with Crippen LogP contribution < -0.4 is 9.47 Å². The zero-order chi connectivity index (χ0) is 23.5. The average molecular weight is 487 g/mol. The quantitative estimate of drug-likeness (QED) is 0.586. The maximum atomic E-state index is 14.0. The van der Waals surface area contributed by atoms with Crippen LogP contribution in [-0.2, 0) is 14.8 Å². The minimum absolute atomic E-state index is 0.0746. The van der Waals surface area contributed by atoms with Gasteiger partial charge in [0.25, 0.3) is 0 Å². The molecule has 1 aliphatic heterocycles. The van der Waals surface area contributed by atoms with Crippen molar-refractivity contribution in [3.63, 3.8) is 0 Å². The Labute approximate surface area is 189 Å². The van der Waals surface area contributed by atoms with Crippen molar-refractivity contribution in [2.45, 2.75) is 4.90 Å². The number of carbonyl (C=O) groups is 1. The van der Waals surface area contributed by atoms with Crippen molar-refractivity contribution in [2.24, 2.45) is 0 Å². The Morgan fingerprint density at radius 1 is 1.06 bits per heavy atom. The smallest absolute Gasteiger partial charge is 0.249 e. The van der Waals surface area contributed by atoms with Crippen LogP contribution in [0.4, 0.5) is 8.78 Å². The van der Waals surface area contributed by atoms with Gasteiger partial charge in [-0.15, -0.1) is 0 Å². The van der Waals surface area contributed by atoms with Gasteiger partial charge in [-0.05, 0) is 35.9 Å². The summed E-state index contributed by atoms with van der Waals surface area (Å²) < 4.78 is 64.6. The standard InChI is InChI=1S/C21H21ClF2N2O5S/c1-30-18-13-14(12-15(22)20(18)31-2)6-7-19(27)25-8-10-26(11-9-25)32(28,29)21-16(23)4-3-5-17(21)24/h3-7,12-13H,8-11H2,1-2H3/b7-6+. The number of piperazine rings is 1. The topological polar surface area (TPSA) is 76.2 Å². The molecule has 1 aliphatic rings. The lowest BCUT2D eigenvalue weighted by Crippen LogP contribution is -2.50. The monoisotopic (exact) mass is 486 g/mol. The third-order valence-electron chi connectivity index (χ3n) is 4.94. The number of hydrogen-bond donors (Lipinski definition) is 0. The minimum atomic E-state index is -4.36. The molecule has 7 nitrogen and oxygen atoms in total. The summed E-state index contributed by atoms with van der Waals surface area (Å²) in [7, 11) is -1.43. The molecule has 0 bridgehead atoms. The molecule has 0 unspecified atom stereocenters. The lowest BCUT2D eigenvalue weighted by molar-refractivity contribution is -0.127. The van der Waals surface area contributed by atoms with Crippen molar-refractivity contribution in [3.8, 4) is 11.5 Å². The van der Waals surface area contributed by atoms with Crippen molar-refractivity contribution >= 4 is 33.6 Å². The number of hydrogen-bond acceptors (Lipinski definition) is 5. The molecule has 0 radical (unpaired) electrons. The number of halogens is 3. The normalized spacial score (nSPS) is 15.2. The van der Waals surface area contributed by atoms with Crippen LogP contribution >= 0.6 is 11.6 Å². The molecule has 0 spiro atoms. The van der Waals surface area contributed by atoms with Gasteiger partial charge in [0.1, 0.15) is 11.6 Å². The average Bonchev–Trinajstić information content (AvgIpc) is 2.76. The van der Waals surface area contributed by atoms with Crippen molar-refractivity contribution in [2.75, 3.05) is 40.4 Å². The van der Waals surface area contributed by atoms with E-state index in [1.54, 1.807) is 18.2 Å². The van der Waals surface area contributed by atoms with Crippen molar-refractivity contribution < 1.29 is 31.5 Å². The van der Waals surface area contributed by atoms with Gasteiger partial charge in [-0.1, -0.05) is 17.7 Å². The molecule has 0 atom stereocenters. The maximum absolute atomic E-state index is 14.0. The third-order valence-corrected chi connectivity index (χ3v) is 7.17. The van der Waals surface area contributed by atoms with Crippen LogP contribution in [0.2, 0.25) is 5.02 Å². The maximum Gasteiger partial charge on any atom is 0.249 e. The molecule has 2 aromatic rings. The minimum Gasteiger partial charge on any atom is -0.493 e. The van der Waals surface area contributed by atoms with E-state index in [0.29, 0.717) is 22.1 Å². The molecule has 0 aliphatic carbocycles. The zero-order valence-corrected chi connectivity index (χ0v) is 18.9. The van der Waals surface area contributed by atoms with Crippen molar-refractivity contribution in [1.82, 2.24) is 9.21 Å². The number of amides is 1. The van der Waals surface area contributed by atoms with Gasteiger partial charge >= 0.3 is 0 Å². The lowest BCUT2D eigenvalue weighted by atomic mass is 10.1. The van der Waals surface area contributed by atoms with E-state index in [-0.39, 0.29) is 32.1 Å². The predicted octanol–water partition coefficient (Wildman–Crippen LogP) is 3.18. The number of methoxy groups -OCH3 is 2. The van der Waals surface area contributed by atoms with Crippen LogP contribution in [0.5, 0.6) is 11.5 Å².